The van der Waals surface area contributed by atoms with Crippen LogP contribution in [0.15, 0.2) is 4.79 Å². The molecule has 0 spiro atoms. The number of nitrogens with zero attached hydrogens (tertiary/aromatic N) is 2. The lowest BCUT2D eigenvalue weighted by molar-refractivity contribution is 0.0732. The average molecular weight is 320 g/mol. The van der Waals surface area contributed by atoms with Crippen LogP contribution in [0.4, 0.5) is 0 Å². The fourth-order valence-electron chi connectivity index (χ4n) is 3.29. The molecule has 0 saturated carbocycles. The summed E-state index contributed by atoms with van der Waals surface area (Å²) in [6.07, 6.45) is 1.88. The molecule has 0 atom stereocenters. The van der Waals surface area contributed by atoms with Crippen LogP contribution in [0.2, 0.25) is 0 Å². The van der Waals surface area contributed by atoms with E-state index in [0.717, 1.165) is 6.42 Å². The van der Waals surface area contributed by atoms with E-state index in [1.807, 2.05) is 0 Å². The standard InChI is InChI=1S/C15H20N4O4/c16-4-8-18-6-1-2-7-19-11(14(18)22)9-3-5-17-13(21)10(9)12(20)15(19)23/h20H,1-8,16H2,(H,17,21). The van der Waals surface area contributed by atoms with E-state index in [4.69, 9.17) is 5.73 Å². The number of amides is 2. The van der Waals surface area contributed by atoms with Crippen molar-refractivity contribution in [3.8, 4) is 5.75 Å². The van der Waals surface area contributed by atoms with Crippen molar-refractivity contribution in [2.75, 3.05) is 26.2 Å². The number of rotatable bonds is 2. The first-order chi connectivity index (χ1) is 11.1. The minimum Gasteiger partial charge on any atom is -0.502 e. The molecule has 0 fully saturated rings. The Labute approximate surface area is 132 Å². The molecule has 23 heavy (non-hydrogen) atoms. The number of hydrogen-bond donors (Lipinski definition) is 3. The van der Waals surface area contributed by atoms with E-state index in [9.17, 15) is 19.5 Å². The zero-order chi connectivity index (χ0) is 16.6. The Balaban J connectivity index is 2.26. The molecule has 0 saturated heterocycles. The molecule has 3 rings (SSSR count). The van der Waals surface area contributed by atoms with Crippen molar-refractivity contribution in [3.63, 3.8) is 0 Å². The first-order valence-corrected chi connectivity index (χ1v) is 7.82. The van der Waals surface area contributed by atoms with Gasteiger partial charge in [0.25, 0.3) is 17.4 Å². The Morgan fingerprint density at radius 2 is 1.91 bits per heavy atom. The summed E-state index contributed by atoms with van der Waals surface area (Å²) in [5.41, 5.74) is 5.52. The van der Waals surface area contributed by atoms with Crippen LogP contribution in [0.5, 0.6) is 5.75 Å². The summed E-state index contributed by atoms with van der Waals surface area (Å²) >= 11 is 0. The average Bonchev–Trinajstić information content (AvgIpc) is 2.52. The van der Waals surface area contributed by atoms with Gasteiger partial charge in [-0.3, -0.25) is 14.4 Å². The van der Waals surface area contributed by atoms with Crippen LogP contribution in [-0.2, 0) is 13.0 Å². The summed E-state index contributed by atoms with van der Waals surface area (Å²) in [7, 11) is 0. The Kier molecular flexibility index (Phi) is 4.08. The quantitative estimate of drug-likeness (QED) is 0.648. The highest BCUT2D eigenvalue weighted by Crippen LogP contribution is 2.26. The smallest absolute Gasteiger partial charge is 0.294 e. The molecule has 8 nitrogen and oxygen atoms in total. The van der Waals surface area contributed by atoms with Crippen molar-refractivity contribution >= 4 is 11.8 Å². The largest absolute Gasteiger partial charge is 0.502 e. The van der Waals surface area contributed by atoms with Crippen LogP contribution in [0.3, 0.4) is 0 Å². The van der Waals surface area contributed by atoms with Gasteiger partial charge in [0.15, 0.2) is 5.75 Å². The van der Waals surface area contributed by atoms with E-state index >= 15 is 0 Å². The third-order valence-corrected chi connectivity index (χ3v) is 4.38. The molecular formula is C15H20N4O4. The summed E-state index contributed by atoms with van der Waals surface area (Å²) in [5, 5.41) is 12.7. The van der Waals surface area contributed by atoms with Gasteiger partial charge in [-0.15, -0.1) is 0 Å². The molecule has 0 aliphatic carbocycles. The molecule has 0 aromatic carbocycles. The van der Waals surface area contributed by atoms with Crippen molar-refractivity contribution < 1.29 is 14.7 Å². The Bertz CT molecular complexity index is 725. The minimum absolute atomic E-state index is 0.0610. The van der Waals surface area contributed by atoms with Crippen molar-refractivity contribution in [1.29, 1.82) is 0 Å². The molecule has 1 aromatic heterocycles. The van der Waals surface area contributed by atoms with Gasteiger partial charge in [0, 0.05) is 38.3 Å². The van der Waals surface area contributed by atoms with Gasteiger partial charge in [-0.25, -0.2) is 0 Å². The van der Waals surface area contributed by atoms with Gasteiger partial charge in [-0.05, 0) is 19.3 Å². The van der Waals surface area contributed by atoms with Gasteiger partial charge in [-0.1, -0.05) is 0 Å². The van der Waals surface area contributed by atoms with Crippen molar-refractivity contribution in [1.82, 2.24) is 14.8 Å². The molecule has 2 aliphatic rings. The molecule has 3 heterocycles. The Hall–Kier alpha value is -2.35. The molecule has 1 aromatic rings. The van der Waals surface area contributed by atoms with E-state index in [0.29, 0.717) is 51.1 Å². The van der Waals surface area contributed by atoms with Gasteiger partial charge in [-0.2, -0.15) is 0 Å². The molecule has 0 bridgehead atoms. The van der Waals surface area contributed by atoms with Crippen molar-refractivity contribution in [2.45, 2.75) is 25.8 Å². The summed E-state index contributed by atoms with van der Waals surface area (Å²) in [4.78, 5) is 39.0. The first-order valence-electron chi connectivity index (χ1n) is 7.82. The van der Waals surface area contributed by atoms with Crippen LogP contribution >= 0.6 is 0 Å². The minimum atomic E-state index is -0.682. The van der Waals surface area contributed by atoms with Crippen LogP contribution in [0.1, 0.15) is 39.3 Å². The lowest BCUT2D eigenvalue weighted by atomic mass is 9.96. The molecule has 124 valence electrons. The number of carbonyl (C=O) groups is 2. The lowest BCUT2D eigenvalue weighted by Crippen LogP contribution is -2.44. The zero-order valence-electron chi connectivity index (χ0n) is 12.8. The predicted molar refractivity (Wildman–Crippen MR) is 82.6 cm³/mol. The lowest BCUT2D eigenvalue weighted by Gasteiger charge is -2.30. The van der Waals surface area contributed by atoms with Crippen molar-refractivity contribution in [3.05, 3.63) is 27.2 Å². The highest BCUT2D eigenvalue weighted by molar-refractivity contribution is 6.03. The van der Waals surface area contributed by atoms with Gasteiger partial charge < -0.3 is 25.6 Å². The summed E-state index contributed by atoms with van der Waals surface area (Å²) < 4.78 is 1.32. The molecule has 4 N–H and O–H groups in total. The van der Waals surface area contributed by atoms with E-state index in [1.54, 1.807) is 4.90 Å². The van der Waals surface area contributed by atoms with Crippen LogP contribution < -0.4 is 16.6 Å². The molecule has 2 amide bonds. The van der Waals surface area contributed by atoms with E-state index in [1.165, 1.54) is 4.57 Å². The van der Waals surface area contributed by atoms with Crippen LogP contribution in [0.25, 0.3) is 0 Å². The van der Waals surface area contributed by atoms with Gasteiger partial charge in [0.1, 0.15) is 5.69 Å². The number of pyridine rings is 1. The van der Waals surface area contributed by atoms with E-state index in [-0.39, 0.29) is 17.2 Å². The van der Waals surface area contributed by atoms with E-state index < -0.39 is 17.2 Å². The normalized spacial score (nSPS) is 17.9. The molecule has 2 aliphatic heterocycles. The summed E-state index contributed by atoms with van der Waals surface area (Å²) in [6, 6.07) is 0. The topological polar surface area (TPSA) is 118 Å². The molecular weight excluding hydrogens is 300 g/mol. The molecule has 8 heteroatoms. The maximum Gasteiger partial charge on any atom is 0.294 e. The highest BCUT2D eigenvalue weighted by atomic mass is 16.3. The van der Waals surface area contributed by atoms with Crippen LogP contribution in [-0.4, -0.2) is 52.6 Å². The second-order valence-corrected chi connectivity index (χ2v) is 5.80. The highest BCUT2D eigenvalue weighted by Gasteiger charge is 2.33. The number of aromatic nitrogens is 1. The first kappa shape index (κ1) is 15.5. The Morgan fingerprint density at radius 1 is 1.17 bits per heavy atom. The number of fused-ring (bicyclic) bond motifs is 3. The van der Waals surface area contributed by atoms with Gasteiger partial charge in [0.05, 0.1) is 5.56 Å². The maximum atomic E-state index is 12.9. The summed E-state index contributed by atoms with van der Waals surface area (Å²) in [5.74, 6) is -1.37. The SMILES string of the molecule is NCCN1CCCCn2c(c3c(c(O)c2=O)C(=O)NCC3)C1=O. The fourth-order valence-corrected chi connectivity index (χ4v) is 3.29. The number of carbonyl (C=O) groups excluding carboxylic acids is 2. The van der Waals surface area contributed by atoms with Crippen LogP contribution in [0, 0.1) is 0 Å². The second kappa shape index (κ2) is 6.04. The second-order valence-electron chi connectivity index (χ2n) is 5.80. The number of nitrogens with two attached hydrogens (primary N) is 1. The number of hydrogen-bond acceptors (Lipinski definition) is 5. The zero-order valence-corrected chi connectivity index (χ0v) is 12.8. The predicted octanol–water partition coefficient (Wildman–Crippen LogP) is -0.965. The fraction of sp³-hybridized carbons (Fsp3) is 0.533. The van der Waals surface area contributed by atoms with Gasteiger partial charge >= 0.3 is 0 Å². The van der Waals surface area contributed by atoms with Crippen molar-refractivity contribution in [2.24, 2.45) is 5.73 Å². The van der Waals surface area contributed by atoms with Gasteiger partial charge in [0.2, 0.25) is 0 Å². The third kappa shape index (κ3) is 2.48. The molecule has 0 radical (unpaired) electrons. The maximum absolute atomic E-state index is 12.9. The monoisotopic (exact) mass is 320 g/mol. The third-order valence-electron chi connectivity index (χ3n) is 4.38. The van der Waals surface area contributed by atoms with E-state index in [2.05, 4.69) is 5.32 Å². The molecule has 0 unspecified atom stereocenters. The number of nitrogens with one attached hydrogen (secondary N) is 1. The number of aromatic hydroxyl groups is 1. The Morgan fingerprint density at radius 3 is 2.65 bits per heavy atom. The summed E-state index contributed by atoms with van der Waals surface area (Å²) in [6.45, 7) is 2.04.